The topological polar surface area (TPSA) is 98.5 Å². The van der Waals surface area contributed by atoms with Crippen LogP contribution in [0.5, 0.6) is 0 Å². The average molecular weight is 388 g/mol. The molecule has 27 heavy (non-hydrogen) atoms. The molecule has 0 bridgehead atoms. The van der Waals surface area contributed by atoms with E-state index in [1.165, 1.54) is 40.3 Å². The average Bonchev–Trinajstić information content (AvgIpc) is 2.92. The molecule has 7 nitrogen and oxygen atoms in total. The van der Waals surface area contributed by atoms with Gasteiger partial charge in [0.2, 0.25) is 0 Å². The zero-order valence-corrected chi connectivity index (χ0v) is 15.8. The van der Waals surface area contributed by atoms with Crippen molar-refractivity contribution in [1.29, 1.82) is 0 Å². The monoisotopic (exact) mass is 388 g/mol. The molecule has 1 amide bonds. The van der Waals surface area contributed by atoms with Crippen LogP contribution in [0, 0.1) is 17.0 Å². The molecule has 1 aliphatic rings. The molecule has 1 N–H and O–H groups in total. The van der Waals surface area contributed by atoms with Gasteiger partial charge >= 0.3 is 5.97 Å². The summed E-state index contributed by atoms with van der Waals surface area (Å²) >= 11 is 1.44. The third kappa shape index (κ3) is 4.51. The Morgan fingerprint density at radius 1 is 1.26 bits per heavy atom. The van der Waals surface area contributed by atoms with Crippen LogP contribution in [-0.2, 0) is 22.4 Å². The number of anilines is 1. The van der Waals surface area contributed by atoms with Gasteiger partial charge in [-0.25, -0.2) is 4.79 Å². The maximum Gasteiger partial charge on any atom is 0.348 e. The Labute approximate surface area is 160 Å². The quantitative estimate of drug-likeness (QED) is 0.361. The molecule has 0 unspecified atom stereocenters. The fraction of sp³-hybridized carbons (Fsp3) is 0.368. The summed E-state index contributed by atoms with van der Waals surface area (Å²) in [4.78, 5) is 36.5. The van der Waals surface area contributed by atoms with Gasteiger partial charge in [-0.1, -0.05) is 12.5 Å². The molecule has 0 radical (unpaired) electrons. The zero-order chi connectivity index (χ0) is 19.4. The first-order valence-corrected chi connectivity index (χ1v) is 9.60. The predicted molar refractivity (Wildman–Crippen MR) is 102 cm³/mol. The van der Waals surface area contributed by atoms with E-state index in [0.29, 0.717) is 16.1 Å². The van der Waals surface area contributed by atoms with E-state index < -0.39 is 23.4 Å². The van der Waals surface area contributed by atoms with Gasteiger partial charge in [-0.15, -0.1) is 11.3 Å². The number of carbonyl (C=O) groups is 2. The van der Waals surface area contributed by atoms with Crippen LogP contribution in [0.1, 0.15) is 44.9 Å². The van der Waals surface area contributed by atoms with Crippen molar-refractivity contribution in [2.24, 2.45) is 0 Å². The first-order chi connectivity index (χ1) is 13.0. The highest BCUT2D eigenvalue weighted by atomic mass is 32.1. The van der Waals surface area contributed by atoms with Gasteiger partial charge in [0.05, 0.1) is 16.2 Å². The number of hydrogen-bond donors (Lipinski definition) is 1. The molecule has 0 spiro atoms. The Bertz CT molecular complexity index is 867. The van der Waals surface area contributed by atoms with Crippen molar-refractivity contribution in [3.8, 4) is 0 Å². The van der Waals surface area contributed by atoms with Crippen molar-refractivity contribution in [2.45, 2.75) is 39.0 Å². The van der Waals surface area contributed by atoms with Crippen molar-refractivity contribution < 1.29 is 19.2 Å². The highest BCUT2D eigenvalue weighted by molar-refractivity contribution is 7.14. The molecule has 1 aliphatic carbocycles. The van der Waals surface area contributed by atoms with E-state index in [2.05, 4.69) is 5.32 Å². The van der Waals surface area contributed by atoms with Gasteiger partial charge in [0.1, 0.15) is 4.88 Å². The van der Waals surface area contributed by atoms with Crippen LogP contribution in [0.2, 0.25) is 0 Å². The van der Waals surface area contributed by atoms with Crippen LogP contribution in [0.4, 0.5) is 11.4 Å². The van der Waals surface area contributed by atoms with Crippen LogP contribution in [-0.4, -0.2) is 23.4 Å². The van der Waals surface area contributed by atoms with E-state index >= 15 is 0 Å². The van der Waals surface area contributed by atoms with Crippen molar-refractivity contribution >= 4 is 34.6 Å². The normalized spacial score (nSPS) is 13.4. The summed E-state index contributed by atoms with van der Waals surface area (Å²) in [5, 5.41) is 13.5. The molecule has 1 aromatic carbocycles. The van der Waals surface area contributed by atoms with Gasteiger partial charge in [-0.05, 0) is 50.3 Å². The number of fused-ring (bicyclic) bond motifs is 1. The second-order valence-corrected chi connectivity index (χ2v) is 7.59. The Balaban J connectivity index is 1.59. The van der Waals surface area contributed by atoms with Crippen LogP contribution in [0.3, 0.4) is 0 Å². The fourth-order valence-corrected chi connectivity index (χ4v) is 4.26. The van der Waals surface area contributed by atoms with E-state index in [0.717, 1.165) is 25.7 Å². The number of nitro benzene ring substituents is 1. The van der Waals surface area contributed by atoms with Gasteiger partial charge in [0.15, 0.2) is 6.61 Å². The minimum Gasteiger partial charge on any atom is -0.451 e. The lowest BCUT2D eigenvalue weighted by Crippen LogP contribution is -2.21. The third-order valence-corrected chi connectivity index (χ3v) is 5.78. The fourth-order valence-electron chi connectivity index (χ4n) is 3.11. The minimum atomic E-state index is -0.537. The van der Waals surface area contributed by atoms with Crippen LogP contribution in [0.25, 0.3) is 0 Å². The smallest absolute Gasteiger partial charge is 0.348 e. The van der Waals surface area contributed by atoms with E-state index in [9.17, 15) is 19.7 Å². The first kappa shape index (κ1) is 19.0. The summed E-state index contributed by atoms with van der Waals surface area (Å²) in [6, 6.07) is 6.30. The Hall–Kier alpha value is -2.74. The van der Waals surface area contributed by atoms with Crippen molar-refractivity contribution in [1.82, 2.24) is 0 Å². The maximum absolute atomic E-state index is 12.2. The number of nitrogens with one attached hydrogen (secondary N) is 1. The number of nitrogens with zero attached hydrogens (tertiary/aromatic N) is 1. The Kier molecular flexibility index (Phi) is 5.85. The summed E-state index contributed by atoms with van der Waals surface area (Å²) in [5.41, 5.74) is 1.81. The largest absolute Gasteiger partial charge is 0.451 e. The third-order valence-electron chi connectivity index (χ3n) is 4.56. The van der Waals surface area contributed by atoms with E-state index in [1.54, 1.807) is 13.0 Å². The number of aryl methyl sites for hydroxylation is 2. The molecule has 0 aliphatic heterocycles. The second-order valence-electron chi connectivity index (χ2n) is 6.45. The summed E-state index contributed by atoms with van der Waals surface area (Å²) in [7, 11) is 0. The molecule has 1 aromatic heterocycles. The van der Waals surface area contributed by atoms with E-state index in [1.807, 2.05) is 6.07 Å². The Morgan fingerprint density at radius 3 is 2.81 bits per heavy atom. The molecule has 1 heterocycles. The minimum absolute atomic E-state index is 0.0788. The van der Waals surface area contributed by atoms with Crippen molar-refractivity contribution in [3.05, 3.63) is 55.3 Å². The number of nitro groups is 1. The molecule has 142 valence electrons. The summed E-state index contributed by atoms with van der Waals surface area (Å²) < 4.78 is 5.11. The second kappa shape index (κ2) is 8.30. The molecule has 0 fully saturated rings. The predicted octanol–water partition coefficient (Wildman–Crippen LogP) is 4.03. The number of amides is 1. The van der Waals surface area contributed by atoms with Gasteiger partial charge in [0.25, 0.3) is 11.6 Å². The number of hydrogen-bond acceptors (Lipinski definition) is 6. The maximum atomic E-state index is 12.2. The van der Waals surface area contributed by atoms with Crippen LogP contribution < -0.4 is 5.32 Å². The highest BCUT2D eigenvalue weighted by Crippen LogP contribution is 2.29. The lowest BCUT2D eigenvalue weighted by atomic mass is 10.1. The molecule has 0 saturated heterocycles. The summed E-state index contributed by atoms with van der Waals surface area (Å²) in [6.45, 7) is 1.11. The van der Waals surface area contributed by atoms with Gasteiger partial charge in [-0.3, -0.25) is 14.9 Å². The number of ether oxygens (including phenoxy) is 1. The molecule has 2 aromatic rings. The highest BCUT2D eigenvalue weighted by Gasteiger charge is 2.19. The number of esters is 1. The van der Waals surface area contributed by atoms with Crippen LogP contribution in [0.15, 0.2) is 24.3 Å². The molecule has 0 saturated carbocycles. The van der Waals surface area contributed by atoms with Gasteiger partial charge < -0.3 is 10.1 Å². The summed E-state index contributed by atoms with van der Waals surface area (Å²) in [5.74, 6) is -1.05. The van der Waals surface area contributed by atoms with Crippen molar-refractivity contribution in [2.75, 3.05) is 11.9 Å². The van der Waals surface area contributed by atoms with E-state index in [4.69, 9.17) is 4.74 Å². The van der Waals surface area contributed by atoms with Gasteiger partial charge in [0, 0.05) is 10.9 Å². The van der Waals surface area contributed by atoms with Gasteiger partial charge in [-0.2, -0.15) is 0 Å². The molecular formula is C19H20N2O5S. The zero-order valence-electron chi connectivity index (χ0n) is 14.9. The Morgan fingerprint density at radius 2 is 2.04 bits per heavy atom. The standard InChI is InChI=1S/C19H20N2O5S/c1-12-14(7-5-8-15(12)21(24)25)20-18(22)11-26-19(23)17-10-13-6-3-2-4-9-16(13)27-17/h5,7-8,10H,2-4,6,9,11H2,1H3,(H,20,22). The molecule has 8 heteroatoms. The van der Waals surface area contributed by atoms with E-state index in [-0.39, 0.29) is 5.69 Å². The molecule has 3 rings (SSSR count). The number of carbonyl (C=O) groups excluding carboxylic acids is 2. The SMILES string of the molecule is Cc1c(NC(=O)COC(=O)c2cc3c(s2)CCCCC3)cccc1[N+](=O)[O-]. The van der Waals surface area contributed by atoms with Crippen LogP contribution >= 0.6 is 11.3 Å². The lowest BCUT2D eigenvalue weighted by Gasteiger charge is -2.08. The number of benzene rings is 1. The molecule has 0 atom stereocenters. The molecular weight excluding hydrogens is 368 g/mol. The number of rotatable bonds is 5. The lowest BCUT2D eigenvalue weighted by molar-refractivity contribution is -0.385. The number of thiophene rings is 1. The van der Waals surface area contributed by atoms with Crippen molar-refractivity contribution in [3.63, 3.8) is 0 Å². The first-order valence-electron chi connectivity index (χ1n) is 8.78. The summed E-state index contributed by atoms with van der Waals surface area (Å²) in [6.07, 6.45) is 5.43.